The normalized spacial score (nSPS) is 21.6. The molecule has 0 bridgehead atoms. The average Bonchev–Trinajstić information content (AvgIpc) is 3.45. The molecule has 11 N–H and O–H groups in total. The van der Waals surface area contributed by atoms with Crippen LogP contribution in [0.5, 0.6) is 5.75 Å². The molecule has 298 valence electrons. The first-order chi connectivity index (χ1) is 25.7. The molecule has 1 aromatic carbocycles. The van der Waals surface area contributed by atoms with Crippen molar-refractivity contribution in [3.05, 3.63) is 52.2 Å². The van der Waals surface area contributed by atoms with Gasteiger partial charge in [-0.1, -0.05) is 18.2 Å². The van der Waals surface area contributed by atoms with Gasteiger partial charge in [-0.25, -0.2) is 0 Å². The molecule has 2 heterocycles. The molecular weight excluding hydrogens is 723 g/mol. The van der Waals surface area contributed by atoms with Crippen molar-refractivity contribution in [2.24, 2.45) is 11.1 Å². The molecule has 18 heteroatoms. The highest BCUT2D eigenvalue weighted by molar-refractivity contribution is 7.10. The Kier molecular flexibility index (Phi) is 15.7. The van der Waals surface area contributed by atoms with Crippen molar-refractivity contribution >= 4 is 40.8 Å². The Morgan fingerprint density at radius 1 is 1.02 bits per heavy atom. The van der Waals surface area contributed by atoms with E-state index in [0.717, 1.165) is 4.88 Å². The number of fused-ring (bicyclic) bond motifs is 1. The predicted molar refractivity (Wildman–Crippen MR) is 199 cm³/mol. The number of nitrogens with two attached hydrogens (primary N) is 1. The Morgan fingerprint density at radius 2 is 1.76 bits per heavy atom. The Morgan fingerprint density at radius 3 is 2.44 bits per heavy atom. The number of benzene rings is 1. The summed E-state index contributed by atoms with van der Waals surface area (Å²) in [6.45, 7) is 3.36. The van der Waals surface area contributed by atoms with Crippen LogP contribution in [-0.4, -0.2) is 137 Å². The second-order valence-electron chi connectivity index (χ2n) is 13.8. The monoisotopic (exact) mass is 775 g/mol. The molecular formula is C36H53N7O10S. The number of nitrogen functional groups attached to an aromatic ring is 1. The number of nitrogens with one attached hydrogen (secondary N) is 5. The summed E-state index contributed by atoms with van der Waals surface area (Å²) in [5, 5.41) is 59.3. The van der Waals surface area contributed by atoms with Crippen molar-refractivity contribution in [3.8, 4) is 5.75 Å². The molecule has 1 aliphatic heterocycles. The molecule has 54 heavy (non-hydrogen) atoms. The van der Waals surface area contributed by atoms with E-state index < -0.39 is 47.8 Å². The molecule has 2 aliphatic rings. The lowest BCUT2D eigenvalue weighted by Crippen LogP contribution is -2.51. The van der Waals surface area contributed by atoms with E-state index in [1.54, 1.807) is 16.3 Å². The lowest BCUT2D eigenvalue weighted by atomic mass is 10.00. The molecule has 1 aliphatic carbocycles. The van der Waals surface area contributed by atoms with Gasteiger partial charge in [-0.3, -0.25) is 24.6 Å². The van der Waals surface area contributed by atoms with Crippen LogP contribution in [-0.2, 0) is 23.9 Å². The van der Waals surface area contributed by atoms with Crippen LogP contribution in [0.4, 0.5) is 0 Å². The maximum Gasteiger partial charge on any atom is 0.243 e. The Balaban J connectivity index is 1.25. The third-order valence-electron chi connectivity index (χ3n) is 9.56. The minimum Gasteiger partial charge on any atom is -0.494 e. The molecule has 2 fully saturated rings. The number of amides is 4. The number of rotatable bonds is 23. The van der Waals surface area contributed by atoms with E-state index in [4.69, 9.17) is 20.6 Å². The first-order valence-electron chi connectivity index (χ1n) is 18.0. The van der Waals surface area contributed by atoms with Crippen molar-refractivity contribution < 1.29 is 49.1 Å². The third-order valence-corrected chi connectivity index (χ3v) is 10.7. The average molecular weight is 776 g/mol. The maximum atomic E-state index is 13.7. The zero-order valence-corrected chi connectivity index (χ0v) is 31.3. The standard InChI is InChI=1S/C36H53N7O10S/c1-21(27-13-23(19-54-27)34(37)38)42-35(51)25-14-36(20-52-12-10-40-30(47)17-39-16-26(45)33(50)32(49)22(2)44)15-28(36)43(25)31(48)18-41-29(46)9-6-11-53-24-7-4-3-5-8-24/h3-5,7-8,13,19,21-22,25-26,28,32-33,39,44-45,49-50H,6,9-12,14-18,20H2,1-2H3,(H3,37,38)(H,40,47)(H,41,46)(H,42,51)/t21-,22+,25+,26+,28+,32+,33+,36-/m1/s1. The summed E-state index contributed by atoms with van der Waals surface area (Å²) in [4.78, 5) is 54.4. The SMILES string of the molecule is C[C@H](O)[C@H](O)[C@@H](O)[C@@H](O)CNCC(=O)NCCOC[C@@]12C[C@@H]1N(C(=O)CNC(=O)CCCOc1ccccc1)[C@H](C(=O)N[C@H](C)c1cc(C(=N)N)cs1)C2. The maximum absolute atomic E-state index is 13.7. The van der Waals surface area contributed by atoms with Gasteiger partial charge in [-0.05, 0) is 51.3 Å². The van der Waals surface area contributed by atoms with Crippen LogP contribution in [0.3, 0.4) is 0 Å². The summed E-state index contributed by atoms with van der Waals surface area (Å²) in [5.74, 6) is -0.795. The summed E-state index contributed by atoms with van der Waals surface area (Å²) in [5.41, 5.74) is 5.70. The quantitative estimate of drug-likeness (QED) is 0.0360. The molecule has 0 radical (unpaired) electrons. The molecule has 8 atom stereocenters. The van der Waals surface area contributed by atoms with Gasteiger partial charge >= 0.3 is 0 Å². The van der Waals surface area contributed by atoms with Gasteiger partial charge in [0.2, 0.25) is 23.6 Å². The van der Waals surface area contributed by atoms with Crippen LogP contribution in [0.15, 0.2) is 41.8 Å². The number of hydrogen-bond donors (Lipinski definition) is 10. The highest BCUT2D eigenvalue weighted by Gasteiger charge is 2.67. The van der Waals surface area contributed by atoms with E-state index in [0.29, 0.717) is 37.2 Å². The lowest BCUT2D eigenvalue weighted by molar-refractivity contribution is -0.140. The summed E-state index contributed by atoms with van der Waals surface area (Å²) in [7, 11) is 0. The Bertz CT molecular complexity index is 1580. The number of hydrogen-bond acceptors (Lipinski definition) is 13. The fourth-order valence-electron chi connectivity index (χ4n) is 6.38. The van der Waals surface area contributed by atoms with Gasteiger partial charge in [-0.2, -0.15) is 0 Å². The summed E-state index contributed by atoms with van der Waals surface area (Å²) >= 11 is 1.37. The molecule has 4 amide bonds. The number of aliphatic hydroxyl groups excluding tert-OH is 4. The highest BCUT2D eigenvalue weighted by Crippen LogP contribution is 2.59. The molecule has 0 unspecified atom stereocenters. The van der Waals surface area contributed by atoms with Crippen LogP contribution < -0.4 is 31.7 Å². The van der Waals surface area contributed by atoms with Gasteiger partial charge in [0.15, 0.2) is 0 Å². The minimum absolute atomic E-state index is 0.0743. The second-order valence-corrected chi connectivity index (χ2v) is 14.8. The van der Waals surface area contributed by atoms with E-state index in [1.807, 2.05) is 37.3 Å². The summed E-state index contributed by atoms with van der Waals surface area (Å²) < 4.78 is 11.5. The Labute approximate surface area is 318 Å². The van der Waals surface area contributed by atoms with Gasteiger partial charge < -0.3 is 61.8 Å². The van der Waals surface area contributed by atoms with E-state index in [2.05, 4.69) is 21.3 Å². The number of amidine groups is 1. The molecule has 17 nitrogen and oxygen atoms in total. The molecule has 4 rings (SSSR count). The summed E-state index contributed by atoms with van der Waals surface area (Å²) in [6, 6.07) is 9.52. The number of carbonyl (C=O) groups excluding carboxylic acids is 4. The van der Waals surface area contributed by atoms with E-state index in [9.17, 15) is 39.6 Å². The molecule has 0 spiro atoms. The van der Waals surface area contributed by atoms with Crippen molar-refractivity contribution in [3.63, 3.8) is 0 Å². The van der Waals surface area contributed by atoms with E-state index in [1.165, 1.54) is 18.3 Å². The van der Waals surface area contributed by atoms with Crippen LogP contribution >= 0.6 is 11.3 Å². The number of para-hydroxylation sites is 1. The topological polar surface area (TPSA) is 269 Å². The number of likely N-dealkylation sites (tertiary alicyclic amines) is 1. The van der Waals surface area contributed by atoms with Crippen LogP contribution in [0, 0.1) is 10.8 Å². The van der Waals surface area contributed by atoms with Crippen molar-refractivity contribution in [1.82, 2.24) is 26.2 Å². The molecule has 1 saturated carbocycles. The van der Waals surface area contributed by atoms with Crippen LogP contribution in [0.25, 0.3) is 0 Å². The van der Waals surface area contributed by atoms with E-state index in [-0.39, 0.29) is 75.4 Å². The Hall–Kier alpha value is -4.17. The predicted octanol–water partition coefficient (Wildman–Crippen LogP) is -1.27. The molecule has 1 aromatic heterocycles. The minimum atomic E-state index is -1.59. The smallest absolute Gasteiger partial charge is 0.243 e. The third kappa shape index (κ3) is 11.9. The number of carbonyl (C=O) groups is 4. The zero-order chi connectivity index (χ0) is 39.4. The van der Waals surface area contributed by atoms with Crippen molar-refractivity contribution in [2.45, 2.75) is 82.1 Å². The lowest BCUT2D eigenvalue weighted by Gasteiger charge is -2.28. The summed E-state index contributed by atoms with van der Waals surface area (Å²) in [6.07, 6.45) is -4.18. The zero-order valence-electron chi connectivity index (χ0n) is 30.5. The number of aliphatic hydroxyl groups is 4. The van der Waals surface area contributed by atoms with E-state index >= 15 is 0 Å². The highest BCUT2D eigenvalue weighted by atomic mass is 32.1. The van der Waals surface area contributed by atoms with Gasteiger partial charge in [0.1, 0.15) is 29.8 Å². The van der Waals surface area contributed by atoms with Gasteiger partial charge in [0.05, 0.1) is 51.2 Å². The second kappa shape index (κ2) is 19.9. The number of piperidine rings is 1. The van der Waals surface area contributed by atoms with Gasteiger partial charge in [-0.15, -0.1) is 11.3 Å². The number of thiophene rings is 1. The first kappa shape index (κ1) is 42.6. The van der Waals surface area contributed by atoms with Crippen LogP contribution in [0.2, 0.25) is 0 Å². The largest absolute Gasteiger partial charge is 0.494 e. The fourth-order valence-corrected chi connectivity index (χ4v) is 7.30. The fraction of sp³-hybridized carbons (Fsp3) is 0.583. The number of ether oxygens (including phenoxy) is 2. The van der Waals surface area contributed by atoms with Crippen molar-refractivity contribution in [1.29, 1.82) is 5.41 Å². The first-order valence-corrected chi connectivity index (χ1v) is 18.9. The molecule has 1 saturated heterocycles. The van der Waals surface area contributed by atoms with Gasteiger partial charge in [0, 0.05) is 46.8 Å². The molecule has 2 aromatic rings. The number of nitrogens with zero attached hydrogens (tertiary/aromatic N) is 1. The van der Waals surface area contributed by atoms with Gasteiger partial charge in [0.25, 0.3) is 0 Å². The van der Waals surface area contributed by atoms with Crippen LogP contribution in [0.1, 0.15) is 56.0 Å². The van der Waals surface area contributed by atoms with Crippen molar-refractivity contribution in [2.75, 3.05) is 46.0 Å².